The first-order chi connectivity index (χ1) is 38.8. The number of guanidine groups is 2. The van der Waals surface area contributed by atoms with Gasteiger partial charge in [-0.2, -0.15) is 0 Å². The first-order valence-electron chi connectivity index (χ1n) is 27.3. The average Bonchev–Trinajstić information content (AvgIpc) is 4.20. The van der Waals surface area contributed by atoms with Crippen LogP contribution in [0.4, 0.5) is 0 Å². The summed E-state index contributed by atoms with van der Waals surface area (Å²) in [5.74, 6) is -7.04. The van der Waals surface area contributed by atoms with Gasteiger partial charge in [-0.15, -0.1) is 0 Å². The maximum Gasteiger partial charge on any atom is 0.326 e. The molecule has 3 heterocycles. The number of aliphatic hydroxyl groups is 1. The van der Waals surface area contributed by atoms with E-state index in [4.69, 9.17) is 22.9 Å². The third kappa shape index (κ3) is 19.3. The van der Waals surface area contributed by atoms with Crippen molar-refractivity contribution in [3.05, 3.63) is 108 Å². The second-order valence-corrected chi connectivity index (χ2v) is 20.6. The van der Waals surface area contributed by atoms with Crippen molar-refractivity contribution in [3.8, 4) is 0 Å². The molecule has 25 heteroatoms. The number of aliphatic carboxylic acids is 1. The van der Waals surface area contributed by atoms with Crippen molar-refractivity contribution < 1.29 is 48.6 Å². The number of fused-ring (bicyclic) bond motifs is 2. The van der Waals surface area contributed by atoms with Crippen molar-refractivity contribution >= 4 is 70.1 Å². The van der Waals surface area contributed by atoms with E-state index in [9.17, 15) is 39.0 Å². The van der Waals surface area contributed by atoms with Gasteiger partial charge in [-0.3, -0.25) is 48.9 Å². The number of carbonyl (C=O) groups is 8. The predicted molar refractivity (Wildman–Crippen MR) is 303 cm³/mol. The third-order valence-corrected chi connectivity index (χ3v) is 14.2. The van der Waals surface area contributed by atoms with Crippen molar-refractivity contribution in [2.75, 3.05) is 26.2 Å². The molecule has 3 aromatic carbocycles. The smallest absolute Gasteiger partial charge is 0.326 e. The van der Waals surface area contributed by atoms with E-state index in [1.54, 1.807) is 36.5 Å². The fraction of sp³-hybridized carbons (Fsp3) is 0.464. The van der Waals surface area contributed by atoms with Crippen molar-refractivity contribution in [1.29, 1.82) is 0 Å². The molecule has 6 rings (SSSR count). The summed E-state index contributed by atoms with van der Waals surface area (Å²) < 4.78 is 0. The van der Waals surface area contributed by atoms with Crippen LogP contribution in [0.15, 0.2) is 101 Å². The molecule has 81 heavy (non-hydrogen) atoms. The molecule has 2 aliphatic rings. The summed E-state index contributed by atoms with van der Waals surface area (Å²) in [7, 11) is 0. The molecule has 1 aromatic heterocycles. The minimum absolute atomic E-state index is 0.00647. The molecule has 25 nitrogen and oxygen atoms in total. The summed E-state index contributed by atoms with van der Waals surface area (Å²) in [5.41, 5.74) is 25.3. The van der Waals surface area contributed by atoms with Crippen LogP contribution >= 0.6 is 0 Å². The molecule has 0 aliphatic carbocycles. The van der Waals surface area contributed by atoms with Crippen molar-refractivity contribution in [1.82, 2.24) is 47.1 Å². The molecule has 436 valence electrons. The minimum atomic E-state index is -1.67. The van der Waals surface area contributed by atoms with Crippen LogP contribution in [0.2, 0.25) is 0 Å². The lowest BCUT2D eigenvalue weighted by Crippen LogP contribution is -2.61. The lowest BCUT2D eigenvalue weighted by molar-refractivity contribution is -0.143. The highest BCUT2D eigenvalue weighted by atomic mass is 16.4. The Morgan fingerprint density at radius 2 is 1.41 bits per heavy atom. The van der Waals surface area contributed by atoms with Gasteiger partial charge < -0.3 is 74.9 Å². The van der Waals surface area contributed by atoms with Crippen LogP contribution in [-0.4, -0.2) is 154 Å². The summed E-state index contributed by atoms with van der Waals surface area (Å²) in [6, 6.07) is 16.4. The Morgan fingerprint density at radius 1 is 0.765 bits per heavy atom. The quantitative estimate of drug-likeness (QED) is 0.0323. The van der Waals surface area contributed by atoms with Gasteiger partial charge in [-0.1, -0.05) is 78.9 Å². The third-order valence-electron chi connectivity index (χ3n) is 14.2. The standard InChI is InChI=1S/C56H77N15O10/c1-33(72)65-40(21-12-24-62-55(57)58)48(74)70-45-30-47(73)61-23-11-10-20-42(54(80)81)67-51(77)44(29-37-31-64-39-19-9-8-18-38(37)39)68-49(75)41(22-13-25-63-56(59)60)66-50(76)43(27-35-16-6-3-7-17-35)69-52(78)46-28-36(32-71(46)53(45)79)26-34-14-4-2-5-15-34/h2-9,14-19,31,36,40-46,49,64,68,75H,10-13,20-30,32H2,1H3,(H,61,73)(H,65,72)(H,66,76)(H,67,77)(H,69,78)(H,70,74)(H,80,81)(H4,57,58,62)(H4,59,60,63)/t36-,40+,41+,42+,43-,44+,45+,46+,49?/m1/s1. The van der Waals surface area contributed by atoms with E-state index in [2.05, 4.69) is 52.2 Å². The zero-order valence-corrected chi connectivity index (χ0v) is 45.5. The second-order valence-electron chi connectivity index (χ2n) is 20.6. The van der Waals surface area contributed by atoms with E-state index in [0.29, 0.717) is 17.5 Å². The molecule has 0 radical (unpaired) electrons. The van der Waals surface area contributed by atoms with Crippen LogP contribution in [0, 0.1) is 5.92 Å². The fourth-order valence-corrected chi connectivity index (χ4v) is 10.2. The van der Waals surface area contributed by atoms with E-state index in [1.165, 1.54) is 11.8 Å². The Kier molecular flexibility index (Phi) is 23.4. The highest BCUT2D eigenvalue weighted by Gasteiger charge is 2.44. The van der Waals surface area contributed by atoms with Gasteiger partial charge in [0.2, 0.25) is 41.4 Å². The number of aromatic nitrogens is 1. The average molecular weight is 1120 g/mol. The number of amides is 7. The number of aromatic amines is 1. The number of para-hydroxylation sites is 1. The number of carboxylic acids is 1. The molecule has 0 saturated carbocycles. The molecule has 0 spiro atoms. The Bertz CT molecular complexity index is 2840. The number of carbonyl (C=O) groups excluding carboxylic acids is 7. The zero-order chi connectivity index (χ0) is 58.4. The van der Waals surface area contributed by atoms with Gasteiger partial charge in [0.05, 0.1) is 18.5 Å². The van der Waals surface area contributed by atoms with Crippen LogP contribution in [-0.2, 0) is 57.6 Å². The molecule has 18 N–H and O–H groups in total. The van der Waals surface area contributed by atoms with Crippen LogP contribution in [0.3, 0.4) is 0 Å². The number of rotatable bonds is 18. The number of H-pyrrole nitrogens is 1. The summed E-state index contributed by atoms with van der Waals surface area (Å²) >= 11 is 0. The fourth-order valence-electron chi connectivity index (χ4n) is 10.2. The number of aliphatic hydroxyl groups excluding tert-OH is 1. The molecule has 2 saturated heterocycles. The van der Waals surface area contributed by atoms with Crippen LogP contribution in [0.25, 0.3) is 10.9 Å². The number of nitrogens with one attached hydrogen (secondary N) is 8. The van der Waals surface area contributed by atoms with Gasteiger partial charge in [0, 0.05) is 56.6 Å². The Balaban J connectivity index is 1.40. The van der Waals surface area contributed by atoms with Crippen LogP contribution < -0.4 is 60.2 Å². The molecular weight excluding hydrogens is 1040 g/mol. The molecule has 9 atom stereocenters. The molecule has 7 amide bonds. The maximum atomic E-state index is 15.2. The Hall–Kier alpha value is -8.58. The number of hydrogen-bond donors (Lipinski definition) is 14. The summed E-state index contributed by atoms with van der Waals surface area (Å²) in [4.78, 5) is 125. The Labute approximate surface area is 469 Å². The lowest BCUT2D eigenvalue weighted by Gasteiger charge is -2.32. The van der Waals surface area contributed by atoms with Gasteiger partial charge in [-0.25, -0.2) is 4.79 Å². The highest BCUT2D eigenvalue weighted by Crippen LogP contribution is 2.29. The van der Waals surface area contributed by atoms with Gasteiger partial charge in [0.1, 0.15) is 36.4 Å². The highest BCUT2D eigenvalue weighted by molar-refractivity contribution is 5.98. The second kappa shape index (κ2) is 30.7. The SMILES string of the molecule is CC(=O)N[C@@H](CCCN=C(N)N)C(=O)N[C@H]1CC(=O)NCCCC[C@@H](C(=O)O)NC(=O)[C@H](Cc2c[nH]c3ccccc23)NC(O)[C@H](CCCN=C(N)N)NC(=O)[C@@H](Cc2ccccc2)NC(=O)[C@@H]2C[C@@H](Cc3ccccc3)CN2C1=O. The lowest BCUT2D eigenvalue weighted by atomic mass is 9.96. The Morgan fingerprint density at radius 3 is 2.07 bits per heavy atom. The van der Waals surface area contributed by atoms with Crippen LogP contribution in [0.5, 0.6) is 0 Å². The van der Waals surface area contributed by atoms with Crippen molar-refractivity contribution in [3.63, 3.8) is 0 Å². The largest absolute Gasteiger partial charge is 0.480 e. The van der Waals surface area contributed by atoms with Gasteiger partial charge >= 0.3 is 5.97 Å². The molecule has 1 unspecified atom stereocenters. The normalized spacial score (nSPS) is 23.1. The number of hydrogen-bond acceptors (Lipinski definition) is 12. The van der Waals surface area contributed by atoms with Crippen LogP contribution in [0.1, 0.15) is 81.4 Å². The molecule has 4 aromatic rings. The minimum Gasteiger partial charge on any atom is -0.480 e. The van der Waals surface area contributed by atoms with Gasteiger partial charge in [0.15, 0.2) is 11.9 Å². The number of benzene rings is 3. The summed E-state index contributed by atoms with van der Waals surface area (Å²) in [5, 5.41) is 42.8. The first-order valence-corrected chi connectivity index (χ1v) is 27.3. The molecular formula is C56H77N15O10. The molecule has 2 aliphatic heterocycles. The molecule has 0 bridgehead atoms. The number of carboxylic acid groups (broad SMARTS) is 1. The summed E-state index contributed by atoms with van der Waals surface area (Å²) in [6.45, 7) is 1.45. The zero-order valence-electron chi connectivity index (χ0n) is 45.5. The van der Waals surface area contributed by atoms with Gasteiger partial charge in [0.25, 0.3) is 0 Å². The van der Waals surface area contributed by atoms with Gasteiger partial charge in [-0.05, 0) is 92.9 Å². The topological polar surface area (TPSA) is 409 Å². The van der Waals surface area contributed by atoms with E-state index >= 15 is 9.59 Å². The van der Waals surface area contributed by atoms with E-state index in [-0.39, 0.29) is 108 Å². The van der Waals surface area contributed by atoms with Crippen molar-refractivity contribution in [2.24, 2.45) is 38.8 Å². The van der Waals surface area contributed by atoms with Crippen molar-refractivity contribution in [2.45, 2.75) is 132 Å². The first kappa shape index (κ1) is 61.6. The number of nitrogens with two attached hydrogens (primary N) is 4. The monoisotopic (exact) mass is 1120 g/mol. The van der Waals surface area contributed by atoms with E-state index in [1.807, 2.05) is 54.6 Å². The van der Waals surface area contributed by atoms with E-state index in [0.717, 1.165) is 16.5 Å². The number of nitrogens with zero attached hydrogens (tertiary/aromatic N) is 3. The predicted octanol–water partition coefficient (Wildman–Crippen LogP) is -0.985. The summed E-state index contributed by atoms with van der Waals surface area (Å²) in [6.07, 6.45) is 0.781. The maximum absolute atomic E-state index is 15.2. The van der Waals surface area contributed by atoms with E-state index < -0.39 is 102 Å². The molecule has 2 fully saturated rings. The number of aliphatic imine (C=N–C) groups is 2.